The normalized spacial score (nSPS) is 12.3. The van der Waals surface area contributed by atoms with Crippen LogP contribution in [0.25, 0.3) is 10.2 Å². The molecule has 3 rings (SSSR count). The first kappa shape index (κ1) is 16.1. The van der Waals surface area contributed by atoms with Crippen molar-refractivity contribution in [2.24, 2.45) is 0 Å². The molecule has 0 spiro atoms. The highest BCUT2D eigenvalue weighted by Crippen LogP contribution is 2.20. The zero-order valence-corrected chi connectivity index (χ0v) is 15.1. The lowest BCUT2D eigenvalue weighted by atomic mass is 10.3. The number of quaternary nitrogens is 1. The van der Waals surface area contributed by atoms with E-state index in [1.165, 1.54) is 4.70 Å². The molecule has 1 unspecified atom stereocenters. The molecular formula is C17H17BrN3OS+. The predicted molar refractivity (Wildman–Crippen MR) is 97.8 cm³/mol. The number of hydrogen-bond donors (Lipinski definition) is 2. The van der Waals surface area contributed by atoms with Crippen LogP contribution in [0.15, 0.2) is 53.0 Å². The molecule has 0 saturated carbocycles. The summed E-state index contributed by atoms with van der Waals surface area (Å²) in [5.41, 5.74) is 1.83. The third-order valence-electron chi connectivity index (χ3n) is 3.36. The van der Waals surface area contributed by atoms with Gasteiger partial charge in [0, 0.05) is 10.2 Å². The van der Waals surface area contributed by atoms with Crippen LogP contribution in [-0.4, -0.2) is 24.5 Å². The Hall–Kier alpha value is -1.76. The minimum Gasteiger partial charge on any atom is -0.324 e. The maximum Gasteiger partial charge on any atom is 0.279 e. The fourth-order valence-electron chi connectivity index (χ4n) is 2.36. The van der Waals surface area contributed by atoms with E-state index in [1.54, 1.807) is 11.3 Å². The fraction of sp³-hybridized carbons (Fsp3) is 0.176. The minimum atomic E-state index is 0.00158. The number of amides is 1. The number of para-hydroxylation sites is 1. The van der Waals surface area contributed by atoms with Gasteiger partial charge in [0.05, 0.1) is 17.3 Å². The standard InChI is InChI=1S/C17H16BrN3OS/c1-21(10-16(22)19-13-6-4-5-12(18)9-13)11-17-20-14-7-2-3-8-15(14)23-17/h2-9H,10-11H2,1H3,(H,19,22)/p+1. The fourth-order valence-corrected chi connectivity index (χ4v) is 3.84. The van der Waals surface area contributed by atoms with E-state index in [0.717, 1.165) is 32.1 Å². The third kappa shape index (κ3) is 4.37. The van der Waals surface area contributed by atoms with E-state index in [1.807, 2.05) is 49.5 Å². The van der Waals surface area contributed by atoms with E-state index in [2.05, 4.69) is 32.3 Å². The van der Waals surface area contributed by atoms with Crippen molar-refractivity contribution in [3.05, 3.63) is 58.0 Å². The highest BCUT2D eigenvalue weighted by molar-refractivity contribution is 9.10. The number of benzene rings is 2. The number of carbonyl (C=O) groups is 1. The van der Waals surface area contributed by atoms with Gasteiger partial charge in [0.25, 0.3) is 5.91 Å². The van der Waals surface area contributed by atoms with Crippen LogP contribution in [0.5, 0.6) is 0 Å². The maximum atomic E-state index is 12.1. The van der Waals surface area contributed by atoms with Gasteiger partial charge >= 0.3 is 0 Å². The molecule has 23 heavy (non-hydrogen) atoms. The van der Waals surface area contributed by atoms with Crippen molar-refractivity contribution in [2.45, 2.75) is 6.54 Å². The molecule has 2 N–H and O–H groups in total. The van der Waals surface area contributed by atoms with Crippen molar-refractivity contribution in [1.82, 2.24) is 4.98 Å². The predicted octanol–water partition coefficient (Wildman–Crippen LogP) is 2.71. The van der Waals surface area contributed by atoms with Gasteiger partial charge in [-0.2, -0.15) is 0 Å². The number of anilines is 1. The Balaban J connectivity index is 1.58. The van der Waals surface area contributed by atoms with E-state index >= 15 is 0 Å². The van der Waals surface area contributed by atoms with Crippen LogP contribution in [0.1, 0.15) is 5.01 Å². The van der Waals surface area contributed by atoms with Crippen LogP contribution in [0.2, 0.25) is 0 Å². The second-order valence-corrected chi connectivity index (χ2v) is 7.48. The Morgan fingerprint density at radius 1 is 1.26 bits per heavy atom. The van der Waals surface area contributed by atoms with E-state index in [0.29, 0.717) is 6.54 Å². The average molecular weight is 391 g/mol. The number of nitrogens with one attached hydrogen (secondary N) is 2. The Bertz CT molecular complexity index is 800. The average Bonchev–Trinajstić information content (AvgIpc) is 2.88. The van der Waals surface area contributed by atoms with Gasteiger partial charge in [0.2, 0.25) is 0 Å². The lowest BCUT2D eigenvalue weighted by molar-refractivity contribution is -0.885. The molecule has 3 aromatic rings. The quantitative estimate of drug-likeness (QED) is 0.703. The summed E-state index contributed by atoms with van der Waals surface area (Å²) >= 11 is 5.09. The summed E-state index contributed by atoms with van der Waals surface area (Å²) in [5.74, 6) is 0.00158. The molecule has 0 fully saturated rings. The van der Waals surface area contributed by atoms with E-state index in [-0.39, 0.29) is 5.91 Å². The summed E-state index contributed by atoms with van der Waals surface area (Å²) in [7, 11) is 2.01. The number of aromatic nitrogens is 1. The molecule has 0 aliphatic carbocycles. The second-order valence-electron chi connectivity index (χ2n) is 5.44. The lowest BCUT2D eigenvalue weighted by Crippen LogP contribution is -3.08. The minimum absolute atomic E-state index is 0.00158. The highest BCUT2D eigenvalue weighted by atomic mass is 79.9. The van der Waals surface area contributed by atoms with Gasteiger partial charge in [-0.05, 0) is 30.3 Å². The van der Waals surface area contributed by atoms with Gasteiger partial charge < -0.3 is 10.2 Å². The van der Waals surface area contributed by atoms with E-state index in [9.17, 15) is 4.79 Å². The van der Waals surface area contributed by atoms with Crippen LogP contribution in [0.3, 0.4) is 0 Å². The summed E-state index contributed by atoms with van der Waals surface area (Å²) in [5, 5.41) is 3.97. The molecule has 118 valence electrons. The summed E-state index contributed by atoms with van der Waals surface area (Å²) in [4.78, 5) is 17.9. The number of rotatable bonds is 5. The number of halogens is 1. The summed E-state index contributed by atoms with van der Waals surface area (Å²) in [6, 6.07) is 15.7. The van der Waals surface area contributed by atoms with Gasteiger partial charge in [-0.25, -0.2) is 4.98 Å². The summed E-state index contributed by atoms with van der Waals surface area (Å²) in [6.45, 7) is 1.15. The first-order chi connectivity index (χ1) is 11.1. The summed E-state index contributed by atoms with van der Waals surface area (Å²) < 4.78 is 2.14. The van der Waals surface area contributed by atoms with E-state index in [4.69, 9.17) is 0 Å². The molecule has 6 heteroatoms. The maximum absolute atomic E-state index is 12.1. The highest BCUT2D eigenvalue weighted by Gasteiger charge is 2.13. The number of nitrogens with zero attached hydrogens (tertiary/aromatic N) is 1. The van der Waals surface area contributed by atoms with Gasteiger partial charge in [-0.3, -0.25) is 4.79 Å². The Morgan fingerprint density at radius 2 is 2.09 bits per heavy atom. The zero-order valence-electron chi connectivity index (χ0n) is 12.7. The molecule has 0 bridgehead atoms. The van der Waals surface area contributed by atoms with Crippen molar-refractivity contribution >= 4 is 49.1 Å². The monoisotopic (exact) mass is 390 g/mol. The third-order valence-corrected chi connectivity index (χ3v) is 4.89. The number of thiazole rings is 1. The summed E-state index contributed by atoms with van der Waals surface area (Å²) in [6.07, 6.45) is 0. The number of fused-ring (bicyclic) bond motifs is 1. The molecule has 1 amide bonds. The molecule has 0 radical (unpaired) electrons. The molecule has 0 saturated heterocycles. The molecule has 0 aliphatic rings. The molecule has 4 nitrogen and oxygen atoms in total. The van der Waals surface area contributed by atoms with Gasteiger partial charge in [-0.15, -0.1) is 11.3 Å². The number of carbonyl (C=O) groups excluding carboxylic acids is 1. The molecule has 2 aromatic carbocycles. The van der Waals surface area contributed by atoms with Crippen LogP contribution in [0, 0.1) is 0 Å². The molecule has 1 heterocycles. The Morgan fingerprint density at radius 3 is 2.87 bits per heavy atom. The van der Waals surface area contributed by atoms with Crippen molar-refractivity contribution in [2.75, 3.05) is 18.9 Å². The second kappa shape index (κ2) is 7.21. The molecular weight excluding hydrogens is 374 g/mol. The number of hydrogen-bond acceptors (Lipinski definition) is 3. The smallest absolute Gasteiger partial charge is 0.279 e. The molecule has 1 aromatic heterocycles. The SMILES string of the molecule is C[NH+](CC(=O)Nc1cccc(Br)c1)Cc1nc2ccccc2s1. The van der Waals surface area contributed by atoms with Crippen molar-refractivity contribution < 1.29 is 9.69 Å². The van der Waals surface area contributed by atoms with E-state index < -0.39 is 0 Å². The first-order valence-corrected chi connectivity index (χ1v) is 8.92. The van der Waals surface area contributed by atoms with Crippen LogP contribution in [-0.2, 0) is 11.3 Å². The van der Waals surface area contributed by atoms with Crippen LogP contribution >= 0.6 is 27.3 Å². The Labute approximate surface area is 147 Å². The van der Waals surface area contributed by atoms with Gasteiger partial charge in [0.1, 0.15) is 11.6 Å². The molecule has 0 aliphatic heterocycles. The zero-order chi connectivity index (χ0) is 16.2. The topological polar surface area (TPSA) is 46.4 Å². The van der Waals surface area contributed by atoms with Crippen molar-refractivity contribution in [3.63, 3.8) is 0 Å². The largest absolute Gasteiger partial charge is 0.324 e. The van der Waals surface area contributed by atoms with Gasteiger partial charge in [0.15, 0.2) is 6.54 Å². The van der Waals surface area contributed by atoms with Crippen LogP contribution in [0.4, 0.5) is 5.69 Å². The molecule has 1 atom stereocenters. The van der Waals surface area contributed by atoms with Crippen molar-refractivity contribution in [1.29, 1.82) is 0 Å². The Kier molecular flexibility index (Phi) is 5.05. The number of likely N-dealkylation sites (N-methyl/N-ethyl adjacent to an activating group) is 1. The lowest BCUT2D eigenvalue weighted by Gasteiger charge is -2.12. The van der Waals surface area contributed by atoms with Gasteiger partial charge in [-0.1, -0.05) is 34.1 Å². The van der Waals surface area contributed by atoms with Crippen LogP contribution < -0.4 is 10.2 Å². The first-order valence-electron chi connectivity index (χ1n) is 7.31. The van der Waals surface area contributed by atoms with Crippen molar-refractivity contribution in [3.8, 4) is 0 Å².